The Morgan fingerprint density at radius 1 is 1.10 bits per heavy atom. The molecule has 0 aliphatic rings. The summed E-state index contributed by atoms with van der Waals surface area (Å²) in [5, 5.41) is 4.01. The van der Waals surface area contributed by atoms with Gasteiger partial charge in [-0.1, -0.05) is 12.1 Å². The molecule has 0 fully saturated rings. The molecular formula is C15H15NO3S. The van der Waals surface area contributed by atoms with Crippen molar-refractivity contribution >= 4 is 23.2 Å². The molecule has 2 aromatic rings. The molecule has 104 valence electrons. The van der Waals surface area contributed by atoms with E-state index in [1.165, 1.54) is 0 Å². The Morgan fingerprint density at radius 2 is 1.85 bits per heavy atom. The first-order valence-corrected chi connectivity index (χ1v) is 7.15. The Kier molecular flexibility index (Phi) is 4.90. The van der Waals surface area contributed by atoms with E-state index < -0.39 is 5.91 Å². The van der Waals surface area contributed by atoms with Gasteiger partial charge in [0.15, 0.2) is 0 Å². The van der Waals surface area contributed by atoms with Crippen LogP contribution < -0.4 is 5.73 Å². The van der Waals surface area contributed by atoms with E-state index in [2.05, 4.69) is 0 Å². The van der Waals surface area contributed by atoms with Crippen LogP contribution in [-0.2, 0) is 22.6 Å². The molecule has 0 saturated carbocycles. The zero-order valence-corrected chi connectivity index (χ0v) is 11.7. The highest BCUT2D eigenvalue weighted by atomic mass is 32.1. The topological polar surface area (TPSA) is 69.4 Å². The van der Waals surface area contributed by atoms with Crippen LogP contribution in [0.25, 0.3) is 0 Å². The molecule has 0 aliphatic carbocycles. The second-order valence-corrected chi connectivity index (χ2v) is 5.13. The molecular weight excluding hydrogens is 274 g/mol. The summed E-state index contributed by atoms with van der Waals surface area (Å²) in [6, 6.07) is 8.70. The van der Waals surface area contributed by atoms with Crippen molar-refractivity contribution in [3.63, 3.8) is 0 Å². The Bertz CT molecular complexity index is 576. The monoisotopic (exact) mass is 289 g/mol. The van der Waals surface area contributed by atoms with Gasteiger partial charge in [0, 0.05) is 12.0 Å². The maximum atomic E-state index is 11.6. The molecule has 20 heavy (non-hydrogen) atoms. The number of ether oxygens (including phenoxy) is 1. The van der Waals surface area contributed by atoms with Crippen molar-refractivity contribution in [2.45, 2.75) is 19.4 Å². The van der Waals surface area contributed by atoms with Crippen molar-refractivity contribution < 1.29 is 14.3 Å². The van der Waals surface area contributed by atoms with Crippen molar-refractivity contribution in [2.24, 2.45) is 5.73 Å². The van der Waals surface area contributed by atoms with Crippen LogP contribution in [0.4, 0.5) is 0 Å². The lowest BCUT2D eigenvalue weighted by molar-refractivity contribution is -0.144. The third-order valence-corrected chi connectivity index (χ3v) is 3.57. The van der Waals surface area contributed by atoms with Gasteiger partial charge >= 0.3 is 5.97 Å². The molecule has 0 aliphatic heterocycles. The lowest BCUT2D eigenvalue weighted by Gasteiger charge is -2.05. The minimum atomic E-state index is -0.468. The van der Waals surface area contributed by atoms with E-state index in [-0.39, 0.29) is 12.6 Å². The normalized spacial score (nSPS) is 10.2. The number of hydrogen-bond acceptors (Lipinski definition) is 4. The van der Waals surface area contributed by atoms with Gasteiger partial charge in [-0.3, -0.25) is 9.59 Å². The number of amides is 1. The molecule has 0 radical (unpaired) electrons. The average Bonchev–Trinajstić information content (AvgIpc) is 2.96. The number of nitrogens with two attached hydrogens (primary N) is 1. The molecule has 0 atom stereocenters. The van der Waals surface area contributed by atoms with E-state index in [1.54, 1.807) is 35.6 Å². The van der Waals surface area contributed by atoms with Crippen LogP contribution in [-0.4, -0.2) is 11.9 Å². The number of primary amides is 1. The predicted octanol–water partition coefficient (Wildman–Crippen LogP) is 2.52. The van der Waals surface area contributed by atoms with Gasteiger partial charge < -0.3 is 10.5 Å². The van der Waals surface area contributed by atoms with E-state index in [4.69, 9.17) is 10.5 Å². The molecule has 1 aromatic carbocycles. The minimum absolute atomic E-state index is 0.210. The van der Waals surface area contributed by atoms with E-state index in [9.17, 15) is 9.59 Å². The van der Waals surface area contributed by atoms with Crippen LogP contribution >= 0.6 is 11.3 Å². The molecule has 0 unspecified atom stereocenters. The number of aryl methyl sites for hydroxylation is 1. The smallest absolute Gasteiger partial charge is 0.306 e. The highest BCUT2D eigenvalue weighted by Gasteiger charge is 2.05. The molecule has 4 nitrogen and oxygen atoms in total. The van der Waals surface area contributed by atoms with Gasteiger partial charge in [0.05, 0.1) is 0 Å². The standard InChI is InChI=1S/C15H15NO3S/c16-15(18)13-4-1-11(2-5-13)9-19-14(17)6-3-12-7-8-20-10-12/h1-2,4-5,7-8,10H,3,6,9H2,(H2,16,18). The van der Waals surface area contributed by atoms with Crippen molar-refractivity contribution in [1.82, 2.24) is 0 Å². The SMILES string of the molecule is NC(=O)c1ccc(COC(=O)CCc2ccsc2)cc1. The van der Waals surface area contributed by atoms with Gasteiger partial charge in [0.25, 0.3) is 0 Å². The van der Waals surface area contributed by atoms with Gasteiger partial charge in [0.1, 0.15) is 6.61 Å². The third-order valence-electron chi connectivity index (χ3n) is 2.84. The number of benzene rings is 1. The van der Waals surface area contributed by atoms with Crippen LogP contribution in [0.2, 0.25) is 0 Å². The highest BCUT2D eigenvalue weighted by molar-refractivity contribution is 7.07. The largest absolute Gasteiger partial charge is 0.461 e. The molecule has 2 N–H and O–H groups in total. The maximum absolute atomic E-state index is 11.6. The Hall–Kier alpha value is -2.14. The summed E-state index contributed by atoms with van der Waals surface area (Å²) in [6.07, 6.45) is 1.07. The number of carbonyl (C=O) groups excluding carboxylic acids is 2. The van der Waals surface area contributed by atoms with E-state index in [0.29, 0.717) is 18.4 Å². The summed E-state index contributed by atoms with van der Waals surface area (Å²) < 4.78 is 5.18. The molecule has 2 rings (SSSR count). The van der Waals surface area contributed by atoms with Gasteiger partial charge in [-0.2, -0.15) is 11.3 Å². The van der Waals surface area contributed by atoms with Gasteiger partial charge in [-0.15, -0.1) is 0 Å². The van der Waals surface area contributed by atoms with E-state index in [1.807, 2.05) is 16.8 Å². The third kappa shape index (κ3) is 4.20. The summed E-state index contributed by atoms with van der Waals surface area (Å²) in [5.41, 5.74) is 7.57. The maximum Gasteiger partial charge on any atom is 0.306 e. The first kappa shape index (κ1) is 14.3. The molecule has 1 amide bonds. The quantitative estimate of drug-likeness (QED) is 0.831. The highest BCUT2D eigenvalue weighted by Crippen LogP contribution is 2.10. The number of rotatable bonds is 6. The van der Waals surface area contributed by atoms with Gasteiger partial charge in [-0.05, 0) is 46.5 Å². The number of thiophene rings is 1. The first-order chi connectivity index (χ1) is 9.65. The Morgan fingerprint density at radius 3 is 2.45 bits per heavy atom. The molecule has 1 heterocycles. The van der Waals surface area contributed by atoms with Crippen molar-refractivity contribution in [3.05, 3.63) is 57.8 Å². The summed E-state index contributed by atoms with van der Waals surface area (Å²) in [5.74, 6) is -0.695. The second kappa shape index (κ2) is 6.86. The molecule has 1 aromatic heterocycles. The molecule has 5 heteroatoms. The van der Waals surface area contributed by atoms with Crippen molar-refractivity contribution in [1.29, 1.82) is 0 Å². The average molecular weight is 289 g/mol. The first-order valence-electron chi connectivity index (χ1n) is 6.20. The molecule has 0 spiro atoms. The number of hydrogen-bond donors (Lipinski definition) is 1. The second-order valence-electron chi connectivity index (χ2n) is 4.35. The summed E-state index contributed by atoms with van der Waals surface area (Å²) >= 11 is 1.62. The summed E-state index contributed by atoms with van der Waals surface area (Å²) in [7, 11) is 0. The fourth-order valence-electron chi connectivity index (χ4n) is 1.68. The minimum Gasteiger partial charge on any atom is -0.461 e. The predicted molar refractivity (Wildman–Crippen MR) is 77.4 cm³/mol. The fourth-order valence-corrected chi connectivity index (χ4v) is 2.39. The lowest BCUT2D eigenvalue weighted by Crippen LogP contribution is -2.11. The Labute approximate surface area is 121 Å². The number of esters is 1. The van der Waals surface area contributed by atoms with Crippen LogP contribution in [0.3, 0.4) is 0 Å². The fraction of sp³-hybridized carbons (Fsp3) is 0.200. The van der Waals surface area contributed by atoms with Crippen LogP contribution in [0.5, 0.6) is 0 Å². The Balaban J connectivity index is 1.76. The molecule has 0 bridgehead atoms. The zero-order valence-electron chi connectivity index (χ0n) is 10.9. The zero-order chi connectivity index (χ0) is 14.4. The lowest BCUT2D eigenvalue weighted by atomic mass is 10.1. The summed E-state index contributed by atoms with van der Waals surface area (Å²) in [4.78, 5) is 22.5. The van der Waals surface area contributed by atoms with E-state index in [0.717, 1.165) is 11.1 Å². The van der Waals surface area contributed by atoms with Crippen LogP contribution in [0.15, 0.2) is 41.1 Å². The van der Waals surface area contributed by atoms with Crippen LogP contribution in [0.1, 0.15) is 27.9 Å². The van der Waals surface area contributed by atoms with Crippen LogP contribution in [0, 0.1) is 0 Å². The van der Waals surface area contributed by atoms with Crippen molar-refractivity contribution in [3.8, 4) is 0 Å². The van der Waals surface area contributed by atoms with Gasteiger partial charge in [-0.25, -0.2) is 0 Å². The van der Waals surface area contributed by atoms with E-state index >= 15 is 0 Å². The summed E-state index contributed by atoms with van der Waals surface area (Å²) in [6.45, 7) is 0.210. The van der Waals surface area contributed by atoms with Gasteiger partial charge in [0.2, 0.25) is 5.91 Å². The number of carbonyl (C=O) groups is 2. The van der Waals surface area contributed by atoms with Crippen molar-refractivity contribution in [2.75, 3.05) is 0 Å². The molecule has 0 saturated heterocycles.